The van der Waals surface area contributed by atoms with E-state index in [2.05, 4.69) is 11.6 Å². The van der Waals surface area contributed by atoms with E-state index in [1.807, 2.05) is 0 Å². The van der Waals surface area contributed by atoms with Gasteiger partial charge in [-0.15, -0.1) is 0 Å². The van der Waals surface area contributed by atoms with E-state index in [0.29, 0.717) is 10.7 Å². The van der Waals surface area contributed by atoms with Gasteiger partial charge in [-0.1, -0.05) is 11.6 Å². The van der Waals surface area contributed by atoms with Crippen molar-refractivity contribution in [3.05, 3.63) is 29.0 Å². The molecule has 0 aromatic heterocycles. The molecule has 1 nitrogen and oxygen atoms in total. The van der Waals surface area contributed by atoms with Gasteiger partial charge in [0.1, 0.15) is 5.82 Å². The number of hydrogen-bond donors (Lipinski definition) is 1. The third-order valence-electron chi connectivity index (χ3n) is 1.77. The largest absolute Gasteiger partial charge is 0.383 e. The minimum absolute atomic E-state index is 0.251. The van der Waals surface area contributed by atoms with Gasteiger partial charge in [0.2, 0.25) is 0 Å². The maximum Gasteiger partial charge on any atom is 0.146 e. The van der Waals surface area contributed by atoms with E-state index in [1.54, 1.807) is 23.9 Å². The van der Waals surface area contributed by atoms with Crippen molar-refractivity contribution in [3.8, 4) is 0 Å². The van der Waals surface area contributed by atoms with Crippen LogP contribution in [0.2, 0.25) is 5.02 Å². The van der Waals surface area contributed by atoms with Crippen LogP contribution in [0.4, 0.5) is 10.1 Å². The molecule has 4 heteroatoms. The lowest BCUT2D eigenvalue weighted by Gasteiger charge is -2.06. The van der Waals surface area contributed by atoms with Crippen molar-refractivity contribution in [2.45, 2.75) is 6.42 Å². The van der Waals surface area contributed by atoms with Crippen LogP contribution in [-0.4, -0.2) is 18.6 Å². The fourth-order valence-corrected chi connectivity index (χ4v) is 1.68. The third-order valence-corrected chi connectivity index (χ3v) is 2.70. The molecule has 0 aliphatic carbocycles. The second-order valence-corrected chi connectivity index (χ2v) is 4.32. The van der Waals surface area contributed by atoms with Gasteiger partial charge in [-0.3, -0.25) is 0 Å². The molecule has 78 valence electrons. The van der Waals surface area contributed by atoms with Gasteiger partial charge in [-0.25, -0.2) is 4.39 Å². The normalized spacial score (nSPS) is 10.2. The summed E-state index contributed by atoms with van der Waals surface area (Å²) in [6.45, 7) is 0.776. The van der Waals surface area contributed by atoms with Crippen LogP contribution in [0.1, 0.15) is 6.42 Å². The van der Waals surface area contributed by atoms with Gasteiger partial charge >= 0.3 is 0 Å². The van der Waals surface area contributed by atoms with Gasteiger partial charge in [0, 0.05) is 11.6 Å². The molecule has 0 saturated heterocycles. The number of hydrogen-bond acceptors (Lipinski definition) is 2. The summed E-state index contributed by atoms with van der Waals surface area (Å²) in [5.41, 5.74) is 0.485. The van der Waals surface area contributed by atoms with Crippen molar-refractivity contribution in [3.63, 3.8) is 0 Å². The summed E-state index contributed by atoms with van der Waals surface area (Å²) in [7, 11) is 0. The molecule has 1 rings (SSSR count). The Labute approximate surface area is 93.0 Å². The Balaban J connectivity index is 2.45. The van der Waals surface area contributed by atoms with Crippen LogP contribution in [0.5, 0.6) is 0 Å². The Kier molecular flexibility index (Phi) is 5.12. The Bertz CT molecular complexity index is 293. The molecule has 1 aromatic carbocycles. The summed E-state index contributed by atoms with van der Waals surface area (Å²) in [6, 6.07) is 4.53. The van der Waals surface area contributed by atoms with E-state index in [9.17, 15) is 4.39 Å². The van der Waals surface area contributed by atoms with Gasteiger partial charge in [-0.05, 0) is 36.6 Å². The van der Waals surface area contributed by atoms with E-state index in [1.165, 1.54) is 6.07 Å². The molecule has 1 N–H and O–H groups in total. The maximum absolute atomic E-state index is 13.2. The average molecular weight is 234 g/mol. The standard InChI is InChI=1S/C10H13ClFNS/c1-14-6-2-5-13-10-7-8(11)3-4-9(10)12/h3-4,7,13H,2,5-6H2,1H3. The van der Waals surface area contributed by atoms with Crippen LogP contribution >= 0.6 is 23.4 Å². The number of benzene rings is 1. The van der Waals surface area contributed by atoms with Crippen molar-refractivity contribution in [2.24, 2.45) is 0 Å². The summed E-state index contributed by atoms with van der Waals surface area (Å²) < 4.78 is 13.2. The first-order chi connectivity index (χ1) is 6.74. The molecule has 0 aliphatic rings. The highest BCUT2D eigenvalue weighted by Gasteiger charge is 2.01. The highest BCUT2D eigenvalue weighted by Crippen LogP contribution is 2.19. The zero-order chi connectivity index (χ0) is 10.4. The van der Waals surface area contributed by atoms with Gasteiger partial charge in [0.15, 0.2) is 0 Å². The number of anilines is 1. The maximum atomic E-state index is 13.2. The molecule has 0 bridgehead atoms. The molecule has 0 amide bonds. The summed E-state index contributed by atoms with van der Waals surface area (Å²) in [5.74, 6) is 0.827. The molecule has 0 radical (unpaired) electrons. The highest BCUT2D eigenvalue weighted by atomic mass is 35.5. The Morgan fingerprint density at radius 1 is 1.50 bits per heavy atom. The van der Waals surface area contributed by atoms with Gasteiger partial charge < -0.3 is 5.32 Å². The van der Waals surface area contributed by atoms with Gasteiger partial charge in [-0.2, -0.15) is 11.8 Å². The molecule has 0 aliphatic heterocycles. The quantitative estimate of drug-likeness (QED) is 0.780. The monoisotopic (exact) mass is 233 g/mol. The zero-order valence-electron chi connectivity index (χ0n) is 8.02. The number of thioether (sulfide) groups is 1. The van der Waals surface area contributed by atoms with Crippen molar-refractivity contribution in [2.75, 3.05) is 23.9 Å². The second-order valence-electron chi connectivity index (χ2n) is 2.90. The molecular weight excluding hydrogens is 221 g/mol. The first-order valence-corrected chi connectivity index (χ1v) is 6.19. The fourth-order valence-electron chi connectivity index (χ4n) is 1.07. The average Bonchev–Trinajstić information content (AvgIpc) is 2.18. The lowest BCUT2D eigenvalue weighted by Crippen LogP contribution is -2.04. The lowest BCUT2D eigenvalue weighted by atomic mass is 10.3. The Hall–Kier alpha value is -0.410. The van der Waals surface area contributed by atoms with Crippen LogP contribution in [0.15, 0.2) is 18.2 Å². The SMILES string of the molecule is CSCCCNc1cc(Cl)ccc1F. The van der Waals surface area contributed by atoms with Gasteiger partial charge in [0.25, 0.3) is 0 Å². The topological polar surface area (TPSA) is 12.0 Å². The molecule has 0 unspecified atom stereocenters. The summed E-state index contributed by atoms with van der Waals surface area (Å²) >= 11 is 7.53. The molecular formula is C10H13ClFNS. The fraction of sp³-hybridized carbons (Fsp3) is 0.400. The Morgan fingerprint density at radius 2 is 2.29 bits per heavy atom. The first kappa shape index (κ1) is 11.7. The molecule has 0 atom stereocenters. The minimum Gasteiger partial charge on any atom is -0.383 e. The summed E-state index contributed by atoms with van der Waals surface area (Å²) in [4.78, 5) is 0. The lowest BCUT2D eigenvalue weighted by molar-refractivity contribution is 0.630. The van der Waals surface area contributed by atoms with Crippen molar-refractivity contribution in [1.29, 1.82) is 0 Å². The van der Waals surface area contributed by atoms with Crippen LogP contribution in [0.3, 0.4) is 0 Å². The number of nitrogens with one attached hydrogen (secondary N) is 1. The molecule has 0 heterocycles. The molecule has 0 saturated carbocycles. The summed E-state index contributed by atoms with van der Waals surface area (Å²) in [5, 5.41) is 3.57. The molecule has 0 fully saturated rings. The van der Waals surface area contributed by atoms with Crippen molar-refractivity contribution < 1.29 is 4.39 Å². The van der Waals surface area contributed by atoms with Crippen LogP contribution in [-0.2, 0) is 0 Å². The molecule has 14 heavy (non-hydrogen) atoms. The minimum atomic E-state index is -0.251. The van der Waals surface area contributed by atoms with Gasteiger partial charge in [0.05, 0.1) is 5.69 Å². The van der Waals surface area contributed by atoms with E-state index in [-0.39, 0.29) is 5.82 Å². The number of halogens is 2. The van der Waals surface area contributed by atoms with Crippen LogP contribution in [0.25, 0.3) is 0 Å². The smallest absolute Gasteiger partial charge is 0.146 e. The summed E-state index contributed by atoms with van der Waals surface area (Å²) in [6.07, 6.45) is 3.08. The predicted octanol–water partition coefficient (Wildman–Crippen LogP) is 3.64. The van der Waals surface area contributed by atoms with Crippen LogP contribution in [0, 0.1) is 5.82 Å². The molecule has 0 spiro atoms. The van der Waals surface area contributed by atoms with E-state index in [0.717, 1.165) is 18.7 Å². The first-order valence-electron chi connectivity index (χ1n) is 4.42. The van der Waals surface area contributed by atoms with E-state index in [4.69, 9.17) is 11.6 Å². The molecule has 1 aromatic rings. The van der Waals surface area contributed by atoms with E-state index < -0.39 is 0 Å². The van der Waals surface area contributed by atoms with Crippen LogP contribution < -0.4 is 5.32 Å². The van der Waals surface area contributed by atoms with Crippen molar-refractivity contribution in [1.82, 2.24) is 0 Å². The highest BCUT2D eigenvalue weighted by molar-refractivity contribution is 7.98. The van der Waals surface area contributed by atoms with Crippen molar-refractivity contribution >= 4 is 29.1 Å². The Morgan fingerprint density at radius 3 is 3.00 bits per heavy atom. The predicted molar refractivity (Wildman–Crippen MR) is 62.9 cm³/mol. The zero-order valence-corrected chi connectivity index (χ0v) is 9.59. The second kappa shape index (κ2) is 6.14. The number of rotatable bonds is 5. The third kappa shape index (κ3) is 3.76. The van der Waals surface area contributed by atoms with E-state index >= 15 is 0 Å².